The molecule has 0 N–H and O–H groups in total. The van der Waals surface area contributed by atoms with Gasteiger partial charge in [0.1, 0.15) is 0 Å². The average molecular weight is 244 g/mol. The molecule has 2 nitrogen and oxygen atoms in total. The Morgan fingerprint density at radius 3 is 2.25 bits per heavy atom. The van der Waals surface area contributed by atoms with Gasteiger partial charge in [0.15, 0.2) is 0 Å². The Kier molecular flexibility index (Phi) is 4.51. The van der Waals surface area contributed by atoms with Crippen LogP contribution in [0.25, 0.3) is 0 Å². The maximum Gasteiger partial charge on any atom is 0.225 e. The normalized spacial score (nSPS) is 22.8. The van der Waals surface area contributed by atoms with Gasteiger partial charge in [-0.05, 0) is 25.7 Å². The van der Waals surface area contributed by atoms with Gasteiger partial charge in [0, 0.05) is 24.4 Å². The van der Waals surface area contributed by atoms with Crippen molar-refractivity contribution in [2.75, 3.05) is 12.4 Å². The van der Waals surface area contributed by atoms with Gasteiger partial charge in [-0.3, -0.25) is 4.79 Å². The van der Waals surface area contributed by atoms with Crippen LogP contribution in [0.4, 0.5) is 0 Å². The van der Waals surface area contributed by atoms with Crippen LogP contribution in [-0.2, 0) is 4.79 Å². The minimum absolute atomic E-state index is 0.324. The fourth-order valence-corrected chi connectivity index (χ4v) is 3.03. The Bertz CT molecular complexity index is 234. The summed E-state index contributed by atoms with van der Waals surface area (Å²) in [4.78, 5) is 14.4. The van der Waals surface area contributed by atoms with E-state index in [0.717, 1.165) is 19.4 Å². The number of halogens is 1. The van der Waals surface area contributed by atoms with E-state index in [-0.39, 0.29) is 0 Å². The molecule has 0 aliphatic heterocycles. The summed E-state index contributed by atoms with van der Waals surface area (Å²) in [5.74, 6) is 1.29. The van der Waals surface area contributed by atoms with Crippen LogP contribution in [-0.4, -0.2) is 29.3 Å². The molecule has 2 aliphatic rings. The summed E-state index contributed by atoms with van der Waals surface area (Å²) in [5.41, 5.74) is 0. The van der Waals surface area contributed by atoms with E-state index in [0.29, 0.717) is 23.7 Å². The summed E-state index contributed by atoms with van der Waals surface area (Å²) in [7, 11) is 0. The molecule has 0 aromatic heterocycles. The lowest BCUT2D eigenvalue weighted by atomic mass is 9.83. The fraction of sp³-hybridized carbons (Fsp3) is 0.923. The topological polar surface area (TPSA) is 20.3 Å². The number of rotatable bonds is 4. The molecular formula is C13H22ClNO. The standard InChI is InChI=1S/C13H22ClNO/c14-9-10-15(12-7-2-1-3-8-12)13(16)11-5-4-6-11/h11-12H,1-10H2. The highest BCUT2D eigenvalue weighted by molar-refractivity contribution is 6.18. The van der Waals surface area contributed by atoms with Gasteiger partial charge in [-0.2, -0.15) is 0 Å². The van der Waals surface area contributed by atoms with Crippen molar-refractivity contribution in [2.24, 2.45) is 5.92 Å². The van der Waals surface area contributed by atoms with Crippen LogP contribution in [0, 0.1) is 5.92 Å². The van der Waals surface area contributed by atoms with Gasteiger partial charge in [0.2, 0.25) is 5.91 Å². The third kappa shape index (κ3) is 2.71. The highest BCUT2D eigenvalue weighted by atomic mass is 35.5. The van der Waals surface area contributed by atoms with Gasteiger partial charge in [-0.15, -0.1) is 11.6 Å². The Balaban J connectivity index is 1.93. The SMILES string of the molecule is O=C(C1CCC1)N(CCCl)C1CCCCC1. The fourth-order valence-electron chi connectivity index (χ4n) is 2.85. The largest absolute Gasteiger partial charge is 0.338 e. The summed E-state index contributed by atoms with van der Waals surface area (Å²) in [5, 5.41) is 0. The van der Waals surface area contributed by atoms with Crippen molar-refractivity contribution in [3.05, 3.63) is 0 Å². The summed E-state index contributed by atoms with van der Waals surface area (Å²) in [6.45, 7) is 0.752. The van der Waals surface area contributed by atoms with E-state index in [9.17, 15) is 4.79 Å². The van der Waals surface area contributed by atoms with E-state index in [1.165, 1.54) is 38.5 Å². The van der Waals surface area contributed by atoms with Gasteiger partial charge in [-0.25, -0.2) is 0 Å². The smallest absolute Gasteiger partial charge is 0.225 e. The highest BCUT2D eigenvalue weighted by Gasteiger charge is 2.33. The van der Waals surface area contributed by atoms with Gasteiger partial charge in [0.25, 0.3) is 0 Å². The second-order valence-electron chi connectivity index (χ2n) is 5.14. The number of hydrogen-bond donors (Lipinski definition) is 0. The van der Waals surface area contributed by atoms with Gasteiger partial charge in [-0.1, -0.05) is 25.7 Å². The number of alkyl halides is 1. The third-order valence-electron chi connectivity index (χ3n) is 4.08. The average Bonchev–Trinajstić information content (AvgIpc) is 2.24. The zero-order chi connectivity index (χ0) is 11.4. The molecule has 0 radical (unpaired) electrons. The Morgan fingerprint density at radius 2 is 1.75 bits per heavy atom. The van der Waals surface area contributed by atoms with Gasteiger partial charge < -0.3 is 4.90 Å². The molecule has 0 saturated heterocycles. The number of hydrogen-bond acceptors (Lipinski definition) is 1. The second kappa shape index (κ2) is 5.90. The van der Waals surface area contributed by atoms with Crippen LogP contribution < -0.4 is 0 Å². The first kappa shape index (κ1) is 12.2. The van der Waals surface area contributed by atoms with Crippen molar-refractivity contribution in [1.82, 2.24) is 4.90 Å². The van der Waals surface area contributed by atoms with Gasteiger partial charge in [0.05, 0.1) is 0 Å². The summed E-state index contributed by atoms with van der Waals surface area (Å²) >= 11 is 5.83. The van der Waals surface area contributed by atoms with Crippen LogP contribution in [0.2, 0.25) is 0 Å². The monoisotopic (exact) mass is 243 g/mol. The third-order valence-corrected chi connectivity index (χ3v) is 4.25. The minimum atomic E-state index is 0.324. The molecule has 2 aliphatic carbocycles. The van der Waals surface area contributed by atoms with E-state index >= 15 is 0 Å². The predicted octanol–water partition coefficient (Wildman–Crippen LogP) is 3.19. The van der Waals surface area contributed by atoms with E-state index in [1.807, 2.05) is 0 Å². The van der Waals surface area contributed by atoms with E-state index in [1.54, 1.807) is 0 Å². The molecular weight excluding hydrogens is 222 g/mol. The van der Waals surface area contributed by atoms with Crippen molar-refractivity contribution in [2.45, 2.75) is 57.4 Å². The van der Waals surface area contributed by atoms with Crippen molar-refractivity contribution in [1.29, 1.82) is 0 Å². The zero-order valence-electron chi connectivity index (χ0n) is 9.96. The molecule has 0 spiro atoms. The molecule has 2 fully saturated rings. The zero-order valence-corrected chi connectivity index (χ0v) is 10.7. The number of nitrogens with zero attached hydrogens (tertiary/aromatic N) is 1. The molecule has 0 aromatic rings. The molecule has 0 bridgehead atoms. The van der Waals surface area contributed by atoms with Crippen molar-refractivity contribution in [3.8, 4) is 0 Å². The van der Waals surface area contributed by atoms with Crippen molar-refractivity contribution < 1.29 is 4.79 Å². The summed E-state index contributed by atoms with van der Waals surface area (Å²) in [6, 6.07) is 0.487. The molecule has 0 aromatic carbocycles. The Labute approximate surface area is 103 Å². The van der Waals surface area contributed by atoms with Crippen LogP contribution in [0.15, 0.2) is 0 Å². The van der Waals surface area contributed by atoms with Gasteiger partial charge >= 0.3 is 0 Å². The Morgan fingerprint density at radius 1 is 1.06 bits per heavy atom. The molecule has 2 rings (SSSR count). The first-order valence-corrected chi connectivity index (χ1v) is 7.23. The lowest BCUT2D eigenvalue weighted by Gasteiger charge is -2.38. The van der Waals surface area contributed by atoms with Crippen LogP contribution in [0.1, 0.15) is 51.4 Å². The molecule has 92 valence electrons. The predicted molar refractivity (Wildman–Crippen MR) is 66.6 cm³/mol. The quantitative estimate of drug-likeness (QED) is 0.695. The molecule has 16 heavy (non-hydrogen) atoms. The maximum atomic E-state index is 12.3. The highest BCUT2D eigenvalue weighted by Crippen LogP contribution is 2.31. The van der Waals surface area contributed by atoms with E-state index in [2.05, 4.69) is 4.90 Å². The maximum absolute atomic E-state index is 12.3. The Hall–Kier alpha value is -0.240. The summed E-state index contributed by atoms with van der Waals surface area (Å²) in [6.07, 6.45) is 9.71. The number of carbonyl (C=O) groups is 1. The van der Waals surface area contributed by atoms with Crippen LogP contribution in [0.3, 0.4) is 0 Å². The molecule has 1 amide bonds. The molecule has 0 atom stereocenters. The number of carbonyl (C=O) groups excluding carboxylic acids is 1. The lowest BCUT2D eigenvalue weighted by Crippen LogP contribution is -2.46. The molecule has 0 unspecified atom stereocenters. The van der Waals surface area contributed by atoms with Crippen LogP contribution in [0.5, 0.6) is 0 Å². The van der Waals surface area contributed by atoms with Crippen molar-refractivity contribution >= 4 is 17.5 Å². The first-order valence-electron chi connectivity index (χ1n) is 6.69. The molecule has 0 heterocycles. The second-order valence-corrected chi connectivity index (χ2v) is 5.52. The lowest BCUT2D eigenvalue weighted by molar-refractivity contribution is -0.141. The molecule has 2 saturated carbocycles. The van der Waals surface area contributed by atoms with Crippen molar-refractivity contribution in [3.63, 3.8) is 0 Å². The van der Waals surface area contributed by atoms with Crippen LogP contribution >= 0.6 is 11.6 Å². The summed E-state index contributed by atoms with van der Waals surface area (Å²) < 4.78 is 0. The first-order chi connectivity index (χ1) is 7.83. The van der Waals surface area contributed by atoms with E-state index in [4.69, 9.17) is 11.6 Å². The van der Waals surface area contributed by atoms with E-state index < -0.39 is 0 Å². The number of amides is 1. The minimum Gasteiger partial charge on any atom is -0.338 e. The molecule has 3 heteroatoms.